The Bertz CT molecular complexity index is 893. The number of fused-ring (bicyclic) bond motifs is 1. The molecule has 0 radical (unpaired) electrons. The van der Waals surface area contributed by atoms with Crippen LogP contribution >= 0.6 is 11.3 Å². The third kappa shape index (κ3) is 3.22. The Morgan fingerprint density at radius 1 is 1.24 bits per heavy atom. The standard InChI is InChI=1S/C19H20N4OS/c1-22(10-11-23-9-5-8-17(23)24)18-15-12-16(14-6-3-2-4-7-14)25-19(15)21-13-20-18/h2-4,6-7,12-13H,5,8-11H2,1H3. The maximum absolute atomic E-state index is 11.8. The van der Waals surface area contributed by atoms with Crippen LogP contribution in [0.5, 0.6) is 0 Å². The number of benzene rings is 1. The summed E-state index contributed by atoms with van der Waals surface area (Å²) in [6.45, 7) is 2.40. The molecule has 128 valence electrons. The van der Waals surface area contributed by atoms with Crippen molar-refractivity contribution < 1.29 is 4.79 Å². The predicted octanol–water partition coefficient (Wildman–Crippen LogP) is 3.42. The highest BCUT2D eigenvalue weighted by atomic mass is 32.1. The van der Waals surface area contributed by atoms with Crippen molar-refractivity contribution in [2.24, 2.45) is 0 Å². The molecule has 6 heteroatoms. The number of hydrogen-bond donors (Lipinski definition) is 0. The Labute approximate surface area is 150 Å². The summed E-state index contributed by atoms with van der Waals surface area (Å²) in [4.78, 5) is 27.0. The molecule has 1 saturated heterocycles. The molecule has 0 aliphatic carbocycles. The van der Waals surface area contributed by atoms with Crippen LogP contribution < -0.4 is 4.90 Å². The largest absolute Gasteiger partial charge is 0.357 e. The topological polar surface area (TPSA) is 49.3 Å². The summed E-state index contributed by atoms with van der Waals surface area (Å²) in [6, 6.07) is 12.5. The first kappa shape index (κ1) is 16.0. The van der Waals surface area contributed by atoms with Crippen molar-refractivity contribution in [2.75, 3.05) is 31.6 Å². The highest BCUT2D eigenvalue weighted by Gasteiger charge is 2.20. The molecule has 0 spiro atoms. The van der Waals surface area contributed by atoms with Crippen molar-refractivity contribution in [1.82, 2.24) is 14.9 Å². The molecular weight excluding hydrogens is 332 g/mol. The van der Waals surface area contributed by atoms with Gasteiger partial charge in [-0.1, -0.05) is 30.3 Å². The normalized spacial score (nSPS) is 14.4. The first-order valence-corrected chi connectivity index (χ1v) is 9.33. The maximum Gasteiger partial charge on any atom is 0.222 e. The fourth-order valence-corrected chi connectivity index (χ4v) is 4.21. The highest BCUT2D eigenvalue weighted by Crippen LogP contribution is 2.35. The maximum atomic E-state index is 11.8. The number of likely N-dealkylation sites (N-methyl/N-ethyl adjacent to an activating group) is 1. The van der Waals surface area contributed by atoms with Crippen molar-refractivity contribution >= 4 is 33.3 Å². The second kappa shape index (κ2) is 6.80. The van der Waals surface area contributed by atoms with Crippen LogP contribution in [0.1, 0.15) is 12.8 Å². The van der Waals surface area contributed by atoms with E-state index < -0.39 is 0 Å². The molecule has 2 aromatic heterocycles. The average molecular weight is 352 g/mol. The second-order valence-electron chi connectivity index (χ2n) is 6.30. The molecule has 0 N–H and O–H groups in total. The van der Waals surface area contributed by atoms with Gasteiger partial charge in [0.25, 0.3) is 0 Å². The van der Waals surface area contributed by atoms with E-state index in [2.05, 4.69) is 33.1 Å². The number of hydrogen-bond acceptors (Lipinski definition) is 5. The third-order valence-electron chi connectivity index (χ3n) is 4.60. The van der Waals surface area contributed by atoms with Gasteiger partial charge in [0.15, 0.2) is 0 Å². The van der Waals surface area contributed by atoms with Gasteiger partial charge in [0.1, 0.15) is 17.0 Å². The van der Waals surface area contributed by atoms with E-state index in [1.807, 2.05) is 30.1 Å². The van der Waals surface area contributed by atoms with Crippen LogP contribution in [0.4, 0.5) is 5.82 Å². The molecule has 1 aliphatic rings. The lowest BCUT2D eigenvalue weighted by molar-refractivity contribution is -0.127. The molecule has 1 aliphatic heterocycles. The summed E-state index contributed by atoms with van der Waals surface area (Å²) in [5.74, 6) is 1.19. The van der Waals surface area contributed by atoms with E-state index in [9.17, 15) is 4.79 Å². The molecule has 5 nitrogen and oxygen atoms in total. The number of nitrogens with zero attached hydrogens (tertiary/aromatic N) is 4. The molecule has 25 heavy (non-hydrogen) atoms. The molecule has 3 heterocycles. The molecule has 1 amide bonds. The number of likely N-dealkylation sites (tertiary alicyclic amines) is 1. The molecule has 4 rings (SSSR count). The Kier molecular flexibility index (Phi) is 4.36. The molecule has 0 bridgehead atoms. The average Bonchev–Trinajstić information content (AvgIpc) is 3.26. The van der Waals surface area contributed by atoms with Crippen molar-refractivity contribution in [3.63, 3.8) is 0 Å². The van der Waals surface area contributed by atoms with Crippen LogP contribution in [0.25, 0.3) is 20.7 Å². The molecule has 3 aromatic rings. The zero-order chi connectivity index (χ0) is 17.2. The highest BCUT2D eigenvalue weighted by molar-refractivity contribution is 7.21. The van der Waals surface area contributed by atoms with Gasteiger partial charge in [0.05, 0.1) is 5.39 Å². The molecule has 0 atom stereocenters. The van der Waals surface area contributed by atoms with E-state index in [0.717, 1.165) is 42.1 Å². The summed E-state index contributed by atoms with van der Waals surface area (Å²) >= 11 is 1.68. The van der Waals surface area contributed by atoms with Crippen molar-refractivity contribution in [1.29, 1.82) is 0 Å². The van der Waals surface area contributed by atoms with Crippen LogP contribution in [0, 0.1) is 0 Å². The minimum absolute atomic E-state index is 0.267. The van der Waals surface area contributed by atoms with Crippen LogP contribution in [0.2, 0.25) is 0 Å². The summed E-state index contributed by atoms with van der Waals surface area (Å²) in [7, 11) is 2.03. The zero-order valence-corrected chi connectivity index (χ0v) is 15.0. The van der Waals surface area contributed by atoms with Crippen molar-refractivity contribution in [3.05, 3.63) is 42.7 Å². The third-order valence-corrected chi connectivity index (χ3v) is 5.70. The number of carbonyl (C=O) groups excluding carboxylic acids is 1. The Morgan fingerprint density at radius 3 is 2.84 bits per heavy atom. The molecule has 0 saturated carbocycles. The summed E-state index contributed by atoms with van der Waals surface area (Å²) in [5.41, 5.74) is 1.20. The van der Waals surface area contributed by atoms with Gasteiger partial charge in [-0.25, -0.2) is 9.97 Å². The fraction of sp³-hybridized carbons (Fsp3) is 0.316. The van der Waals surface area contributed by atoms with Crippen LogP contribution in [-0.2, 0) is 4.79 Å². The second-order valence-corrected chi connectivity index (χ2v) is 7.33. The van der Waals surface area contributed by atoms with Gasteiger partial charge in [-0.15, -0.1) is 11.3 Å². The summed E-state index contributed by atoms with van der Waals surface area (Å²) in [5, 5.41) is 1.07. The van der Waals surface area contributed by atoms with Crippen molar-refractivity contribution in [3.8, 4) is 10.4 Å². The van der Waals surface area contributed by atoms with Crippen LogP contribution in [-0.4, -0.2) is 47.5 Å². The SMILES string of the molecule is CN(CCN1CCCC1=O)c1ncnc2sc(-c3ccccc3)cc12. The summed E-state index contributed by atoms with van der Waals surface area (Å²) < 4.78 is 0. The minimum atomic E-state index is 0.267. The van der Waals surface area contributed by atoms with Gasteiger partial charge in [0.2, 0.25) is 5.91 Å². The summed E-state index contributed by atoms with van der Waals surface area (Å²) in [6.07, 6.45) is 3.29. The van der Waals surface area contributed by atoms with E-state index in [-0.39, 0.29) is 5.91 Å². The van der Waals surface area contributed by atoms with E-state index in [4.69, 9.17) is 0 Å². The van der Waals surface area contributed by atoms with Gasteiger partial charge < -0.3 is 9.80 Å². The van der Waals surface area contributed by atoms with E-state index in [0.29, 0.717) is 6.42 Å². The lowest BCUT2D eigenvalue weighted by Gasteiger charge is -2.22. The lowest BCUT2D eigenvalue weighted by atomic mass is 10.2. The van der Waals surface area contributed by atoms with E-state index in [1.165, 1.54) is 10.4 Å². The Balaban J connectivity index is 1.58. The number of aromatic nitrogens is 2. The van der Waals surface area contributed by atoms with Gasteiger partial charge >= 0.3 is 0 Å². The number of thiophene rings is 1. The van der Waals surface area contributed by atoms with Gasteiger partial charge in [-0.05, 0) is 18.1 Å². The number of amides is 1. The smallest absolute Gasteiger partial charge is 0.222 e. The molecule has 1 fully saturated rings. The monoisotopic (exact) mass is 352 g/mol. The molecule has 1 aromatic carbocycles. The van der Waals surface area contributed by atoms with Crippen LogP contribution in [0.3, 0.4) is 0 Å². The lowest BCUT2D eigenvalue weighted by Crippen LogP contribution is -2.34. The minimum Gasteiger partial charge on any atom is -0.357 e. The van der Waals surface area contributed by atoms with Gasteiger partial charge in [-0.3, -0.25) is 4.79 Å². The Hall–Kier alpha value is -2.47. The Morgan fingerprint density at radius 2 is 2.08 bits per heavy atom. The quantitative estimate of drug-likeness (QED) is 0.706. The molecular formula is C19H20N4OS. The van der Waals surface area contributed by atoms with Crippen LogP contribution in [0.15, 0.2) is 42.7 Å². The first-order chi connectivity index (χ1) is 12.2. The number of anilines is 1. The number of rotatable bonds is 5. The molecule has 0 unspecified atom stereocenters. The predicted molar refractivity (Wildman–Crippen MR) is 102 cm³/mol. The van der Waals surface area contributed by atoms with Gasteiger partial charge in [0, 0.05) is 38.0 Å². The fourth-order valence-electron chi connectivity index (χ4n) is 3.21. The van der Waals surface area contributed by atoms with Crippen molar-refractivity contribution in [2.45, 2.75) is 12.8 Å². The first-order valence-electron chi connectivity index (χ1n) is 8.51. The van der Waals surface area contributed by atoms with E-state index in [1.54, 1.807) is 17.7 Å². The zero-order valence-electron chi connectivity index (χ0n) is 14.2. The van der Waals surface area contributed by atoms with Gasteiger partial charge in [-0.2, -0.15) is 0 Å². The number of carbonyl (C=O) groups is 1. The van der Waals surface area contributed by atoms with E-state index >= 15 is 0 Å².